The van der Waals surface area contributed by atoms with Crippen molar-refractivity contribution in [3.8, 4) is 0 Å². The fourth-order valence-corrected chi connectivity index (χ4v) is 7.03. The van der Waals surface area contributed by atoms with Crippen LogP contribution in [0.5, 0.6) is 0 Å². The van der Waals surface area contributed by atoms with Crippen molar-refractivity contribution in [2.75, 3.05) is 13.7 Å². The molecule has 1 aliphatic heterocycles. The van der Waals surface area contributed by atoms with Gasteiger partial charge in [-0.3, -0.25) is 4.98 Å². The number of benzene rings is 1. The van der Waals surface area contributed by atoms with E-state index < -0.39 is 0 Å². The first-order valence-electron chi connectivity index (χ1n) is 12.9. The van der Waals surface area contributed by atoms with Crippen LogP contribution in [0.1, 0.15) is 93.4 Å². The molecule has 0 amide bonds. The van der Waals surface area contributed by atoms with Gasteiger partial charge in [0.15, 0.2) is 0 Å². The third-order valence-electron chi connectivity index (χ3n) is 8.67. The van der Waals surface area contributed by atoms with E-state index in [0.29, 0.717) is 12.0 Å². The molecule has 3 atom stereocenters. The van der Waals surface area contributed by atoms with E-state index in [-0.39, 0.29) is 11.0 Å². The summed E-state index contributed by atoms with van der Waals surface area (Å²) in [4.78, 5) is 4.87. The summed E-state index contributed by atoms with van der Waals surface area (Å²) in [7, 11) is 1.88. The molecule has 0 N–H and O–H groups in total. The summed E-state index contributed by atoms with van der Waals surface area (Å²) in [5.74, 6) is 0.561. The third kappa shape index (κ3) is 4.39. The van der Waals surface area contributed by atoms with Gasteiger partial charge in [-0.1, -0.05) is 62.4 Å². The number of methoxy groups -OCH3 is 1. The molecule has 5 rings (SSSR count). The van der Waals surface area contributed by atoms with Crippen LogP contribution in [0.25, 0.3) is 0 Å². The highest BCUT2D eigenvalue weighted by atomic mass is 16.5. The first-order valence-corrected chi connectivity index (χ1v) is 12.9. The Balaban J connectivity index is 1.21. The second kappa shape index (κ2) is 9.65. The van der Waals surface area contributed by atoms with Gasteiger partial charge in [0.2, 0.25) is 0 Å². The summed E-state index contributed by atoms with van der Waals surface area (Å²) in [6, 6.07) is 15.4. The van der Waals surface area contributed by atoms with E-state index in [1.165, 1.54) is 81.0 Å². The molecule has 1 saturated carbocycles. The highest BCUT2D eigenvalue weighted by molar-refractivity contribution is 5.37. The lowest BCUT2D eigenvalue weighted by Gasteiger charge is -2.46. The molecule has 2 heterocycles. The van der Waals surface area contributed by atoms with Crippen LogP contribution in [0.2, 0.25) is 0 Å². The summed E-state index contributed by atoms with van der Waals surface area (Å²) in [5.41, 5.74) is 4.63. The Kier molecular flexibility index (Phi) is 6.66. The SMILES string of the molecule is CO[C@H]1Cc2ccccc2C1CCCCC[C@@]1(c2ccccn2)CCOC2(CCCC2)C1. The standard InChI is InChI=1S/C29H39NO2/c1-31-26-21-23-11-4-5-12-24(23)25(26)13-3-2-7-15-28(27-14-6-10-19-30-27)18-20-32-29(22-28)16-8-9-17-29/h4-6,10-12,14,19,25-26H,2-3,7-9,13,15-18,20-22H2,1H3/t25?,26-,28+/m0/s1. The number of hydrogen-bond donors (Lipinski definition) is 0. The van der Waals surface area contributed by atoms with Gasteiger partial charge in [-0.2, -0.15) is 0 Å². The lowest BCUT2D eigenvalue weighted by molar-refractivity contribution is -0.104. The maximum atomic E-state index is 6.41. The van der Waals surface area contributed by atoms with E-state index in [1.807, 2.05) is 19.4 Å². The maximum Gasteiger partial charge on any atom is 0.0691 e. The van der Waals surface area contributed by atoms with E-state index in [0.717, 1.165) is 19.4 Å². The Morgan fingerprint density at radius 3 is 2.66 bits per heavy atom. The molecule has 1 saturated heterocycles. The quantitative estimate of drug-likeness (QED) is 0.432. The zero-order chi connectivity index (χ0) is 21.9. The molecular formula is C29H39NO2. The molecule has 1 aromatic heterocycles. The Bertz CT molecular complexity index is 876. The Morgan fingerprint density at radius 1 is 1.00 bits per heavy atom. The van der Waals surface area contributed by atoms with Crippen LogP contribution in [-0.2, 0) is 21.3 Å². The van der Waals surface area contributed by atoms with Crippen molar-refractivity contribution in [1.82, 2.24) is 4.98 Å². The molecule has 2 aliphatic carbocycles. The van der Waals surface area contributed by atoms with Crippen LogP contribution >= 0.6 is 0 Å². The van der Waals surface area contributed by atoms with Crippen LogP contribution in [0.15, 0.2) is 48.7 Å². The van der Waals surface area contributed by atoms with Gasteiger partial charge in [-0.05, 0) is 68.2 Å². The third-order valence-corrected chi connectivity index (χ3v) is 8.67. The molecule has 1 spiro atoms. The van der Waals surface area contributed by atoms with Crippen LogP contribution < -0.4 is 0 Å². The van der Waals surface area contributed by atoms with Crippen molar-refractivity contribution in [3.05, 3.63) is 65.5 Å². The van der Waals surface area contributed by atoms with Crippen LogP contribution in [0.3, 0.4) is 0 Å². The monoisotopic (exact) mass is 433 g/mol. The van der Waals surface area contributed by atoms with Gasteiger partial charge in [-0.15, -0.1) is 0 Å². The van der Waals surface area contributed by atoms with Crippen molar-refractivity contribution < 1.29 is 9.47 Å². The van der Waals surface area contributed by atoms with E-state index in [1.54, 1.807) is 0 Å². The number of nitrogens with zero attached hydrogens (tertiary/aromatic N) is 1. The molecule has 3 heteroatoms. The van der Waals surface area contributed by atoms with E-state index >= 15 is 0 Å². The lowest BCUT2D eigenvalue weighted by atomic mass is 9.67. The zero-order valence-corrected chi connectivity index (χ0v) is 19.7. The lowest BCUT2D eigenvalue weighted by Crippen LogP contribution is -2.46. The molecule has 2 aromatic rings. The van der Waals surface area contributed by atoms with Gasteiger partial charge < -0.3 is 9.47 Å². The Morgan fingerprint density at radius 2 is 1.84 bits per heavy atom. The molecule has 2 fully saturated rings. The highest BCUT2D eigenvalue weighted by Gasteiger charge is 2.48. The minimum absolute atomic E-state index is 0.120. The number of aromatic nitrogens is 1. The summed E-state index contributed by atoms with van der Waals surface area (Å²) < 4.78 is 12.3. The zero-order valence-electron chi connectivity index (χ0n) is 19.7. The molecule has 1 unspecified atom stereocenters. The molecule has 172 valence electrons. The smallest absolute Gasteiger partial charge is 0.0691 e. The summed E-state index contributed by atoms with van der Waals surface area (Å²) in [6.07, 6.45) is 17.1. The van der Waals surface area contributed by atoms with Gasteiger partial charge in [0.05, 0.1) is 11.7 Å². The van der Waals surface area contributed by atoms with Gasteiger partial charge in [-0.25, -0.2) is 0 Å². The maximum absolute atomic E-state index is 6.41. The van der Waals surface area contributed by atoms with Crippen LogP contribution in [0, 0.1) is 0 Å². The fraction of sp³-hybridized carbons (Fsp3) is 0.621. The van der Waals surface area contributed by atoms with E-state index in [9.17, 15) is 0 Å². The van der Waals surface area contributed by atoms with E-state index in [4.69, 9.17) is 14.5 Å². The van der Waals surface area contributed by atoms with Crippen molar-refractivity contribution in [1.29, 1.82) is 0 Å². The van der Waals surface area contributed by atoms with Gasteiger partial charge >= 0.3 is 0 Å². The number of rotatable bonds is 8. The molecule has 1 aromatic carbocycles. The van der Waals surface area contributed by atoms with Crippen molar-refractivity contribution in [2.24, 2.45) is 0 Å². The first kappa shape index (κ1) is 22.1. The summed E-state index contributed by atoms with van der Waals surface area (Å²) in [6.45, 7) is 0.894. The van der Waals surface area contributed by atoms with Gasteiger partial charge in [0.1, 0.15) is 0 Å². The summed E-state index contributed by atoms with van der Waals surface area (Å²) in [5, 5.41) is 0. The second-order valence-corrected chi connectivity index (χ2v) is 10.5. The van der Waals surface area contributed by atoms with Gasteiger partial charge in [0.25, 0.3) is 0 Å². The van der Waals surface area contributed by atoms with Crippen molar-refractivity contribution in [2.45, 2.75) is 100 Å². The van der Waals surface area contributed by atoms with Crippen molar-refractivity contribution >= 4 is 0 Å². The van der Waals surface area contributed by atoms with E-state index in [2.05, 4.69) is 36.4 Å². The largest absolute Gasteiger partial charge is 0.380 e. The molecule has 0 bridgehead atoms. The molecular weight excluding hydrogens is 394 g/mol. The molecule has 32 heavy (non-hydrogen) atoms. The number of pyridine rings is 1. The predicted molar refractivity (Wildman–Crippen MR) is 129 cm³/mol. The number of ether oxygens (including phenoxy) is 2. The normalized spacial score (nSPS) is 28.8. The minimum atomic E-state index is 0.120. The molecule has 3 nitrogen and oxygen atoms in total. The second-order valence-electron chi connectivity index (χ2n) is 10.5. The summed E-state index contributed by atoms with van der Waals surface area (Å²) >= 11 is 0. The first-order chi connectivity index (χ1) is 15.7. The Labute approximate surface area is 193 Å². The van der Waals surface area contributed by atoms with Gasteiger partial charge in [0, 0.05) is 36.9 Å². The molecule has 3 aliphatic rings. The number of fused-ring (bicyclic) bond motifs is 1. The molecule has 0 radical (unpaired) electrons. The Hall–Kier alpha value is -1.71. The van der Waals surface area contributed by atoms with Crippen LogP contribution in [-0.4, -0.2) is 30.4 Å². The number of unbranched alkanes of at least 4 members (excludes halogenated alkanes) is 2. The van der Waals surface area contributed by atoms with Crippen molar-refractivity contribution in [3.63, 3.8) is 0 Å². The number of hydrogen-bond acceptors (Lipinski definition) is 3. The highest BCUT2D eigenvalue weighted by Crippen LogP contribution is 2.50. The topological polar surface area (TPSA) is 31.4 Å². The fourth-order valence-electron chi connectivity index (χ4n) is 7.03. The average Bonchev–Trinajstić information content (AvgIpc) is 3.43. The predicted octanol–water partition coefficient (Wildman–Crippen LogP) is 6.75. The van der Waals surface area contributed by atoms with Crippen LogP contribution in [0.4, 0.5) is 0 Å². The average molecular weight is 434 g/mol. The minimum Gasteiger partial charge on any atom is -0.380 e.